The van der Waals surface area contributed by atoms with Gasteiger partial charge >= 0.3 is 0 Å². The van der Waals surface area contributed by atoms with E-state index in [1.165, 1.54) is 25.0 Å². The molecule has 0 N–H and O–H groups in total. The van der Waals surface area contributed by atoms with Gasteiger partial charge in [-0.25, -0.2) is 0 Å². The Labute approximate surface area is 87.9 Å². The van der Waals surface area contributed by atoms with Gasteiger partial charge in [0, 0.05) is 5.25 Å². The summed E-state index contributed by atoms with van der Waals surface area (Å²) in [7, 11) is 0. The van der Waals surface area contributed by atoms with Crippen LogP contribution in [0.4, 0.5) is 0 Å². The van der Waals surface area contributed by atoms with Crippen LogP contribution in [-0.2, 0) is 0 Å². The molecule has 0 aromatic carbocycles. The van der Waals surface area contributed by atoms with Crippen molar-refractivity contribution >= 4 is 11.8 Å². The third kappa shape index (κ3) is 3.19. The first kappa shape index (κ1) is 11.4. The SMILES string of the molecule is CCCC1C(C)CSC(C)CC1C. The number of hydrogen-bond donors (Lipinski definition) is 0. The smallest absolute Gasteiger partial charge is 0.00214 e. The van der Waals surface area contributed by atoms with Crippen molar-refractivity contribution in [1.29, 1.82) is 0 Å². The normalized spacial score (nSPS) is 41.5. The molecular formula is C12H24S. The molecule has 0 aromatic heterocycles. The van der Waals surface area contributed by atoms with Crippen LogP contribution < -0.4 is 0 Å². The molecule has 1 fully saturated rings. The van der Waals surface area contributed by atoms with Gasteiger partial charge in [-0.1, -0.05) is 40.5 Å². The summed E-state index contributed by atoms with van der Waals surface area (Å²) in [6.07, 6.45) is 4.23. The molecule has 0 radical (unpaired) electrons. The van der Waals surface area contributed by atoms with Crippen molar-refractivity contribution in [2.24, 2.45) is 17.8 Å². The monoisotopic (exact) mass is 200 g/mol. The van der Waals surface area contributed by atoms with Gasteiger partial charge in [0.15, 0.2) is 0 Å². The van der Waals surface area contributed by atoms with Gasteiger partial charge in [0.1, 0.15) is 0 Å². The molecule has 0 amide bonds. The van der Waals surface area contributed by atoms with Gasteiger partial charge in [0.2, 0.25) is 0 Å². The van der Waals surface area contributed by atoms with Crippen LogP contribution in [0.15, 0.2) is 0 Å². The molecule has 1 aliphatic heterocycles. The highest BCUT2D eigenvalue weighted by Crippen LogP contribution is 2.37. The van der Waals surface area contributed by atoms with Crippen molar-refractivity contribution in [3.63, 3.8) is 0 Å². The van der Waals surface area contributed by atoms with Crippen LogP contribution in [0.2, 0.25) is 0 Å². The highest BCUT2D eigenvalue weighted by atomic mass is 32.2. The Morgan fingerprint density at radius 2 is 1.85 bits per heavy atom. The molecule has 0 aromatic rings. The van der Waals surface area contributed by atoms with E-state index in [-0.39, 0.29) is 0 Å². The molecule has 1 saturated heterocycles. The molecule has 0 bridgehead atoms. The van der Waals surface area contributed by atoms with Crippen LogP contribution in [-0.4, -0.2) is 11.0 Å². The Balaban J connectivity index is 2.55. The summed E-state index contributed by atoms with van der Waals surface area (Å²) in [6, 6.07) is 0. The molecule has 4 unspecified atom stereocenters. The van der Waals surface area contributed by atoms with Gasteiger partial charge in [-0.3, -0.25) is 0 Å². The van der Waals surface area contributed by atoms with Gasteiger partial charge in [0.05, 0.1) is 0 Å². The van der Waals surface area contributed by atoms with Crippen LogP contribution in [0.25, 0.3) is 0 Å². The van der Waals surface area contributed by atoms with E-state index in [2.05, 4.69) is 39.5 Å². The summed E-state index contributed by atoms with van der Waals surface area (Å²) in [5, 5.41) is 0.888. The maximum atomic E-state index is 2.46. The van der Waals surface area contributed by atoms with Crippen LogP contribution in [0, 0.1) is 17.8 Å². The molecular weight excluding hydrogens is 176 g/mol. The van der Waals surface area contributed by atoms with E-state index < -0.39 is 0 Å². The molecule has 0 nitrogen and oxygen atoms in total. The third-order valence-corrected chi connectivity index (χ3v) is 4.91. The second-order valence-electron chi connectivity index (χ2n) is 4.79. The minimum Gasteiger partial charge on any atom is -0.159 e. The van der Waals surface area contributed by atoms with Crippen molar-refractivity contribution in [1.82, 2.24) is 0 Å². The summed E-state index contributed by atoms with van der Waals surface area (Å²) in [4.78, 5) is 0. The van der Waals surface area contributed by atoms with E-state index in [1.54, 1.807) is 0 Å². The minimum atomic E-state index is 0.888. The van der Waals surface area contributed by atoms with Gasteiger partial charge in [0.25, 0.3) is 0 Å². The van der Waals surface area contributed by atoms with Crippen LogP contribution in [0.5, 0.6) is 0 Å². The van der Waals surface area contributed by atoms with Crippen molar-refractivity contribution in [2.45, 2.75) is 52.2 Å². The van der Waals surface area contributed by atoms with Crippen molar-refractivity contribution < 1.29 is 0 Å². The zero-order chi connectivity index (χ0) is 9.84. The summed E-state index contributed by atoms with van der Waals surface area (Å²) < 4.78 is 0. The lowest BCUT2D eigenvalue weighted by Gasteiger charge is -2.26. The third-order valence-electron chi connectivity index (χ3n) is 3.43. The lowest BCUT2D eigenvalue weighted by Crippen LogP contribution is -2.19. The predicted octanol–water partition coefficient (Wildman–Crippen LogP) is 4.20. The first-order valence-electron chi connectivity index (χ1n) is 5.76. The number of rotatable bonds is 2. The standard InChI is InChI=1S/C12H24S/c1-5-6-12-9(2)7-11(4)13-8-10(12)3/h9-12H,5-8H2,1-4H3. The maximum Gasteiger partial charge on any atom is 0.00214 e. The van der Waals surface area contributed by atoms with Crippen molar-refractivity contribution in [3.8, 4) is 0 Å². The average Bonchev–Trinajstić information content (AvgIpc) is 2.19. The molecule has 4 atom stereocenters. The van der Waals surface area contributed by atoms with Crippen LogP contribution >= 0.6 is 11.8 Å². The second kappa shape index (κ2) is 5.29. The maximum absolute atomic E-state index is 2.46. The van der Waals surface area contributed by atoms with Crippen molar-refractivity contribution in [3.05, 3.63) is 0 Å². The lowest BCUT2D eigenvalue weighted by molar-refractivity contribution is 0.250. The molecule has 1 rings (SSSR count). The Hall–Kier alpha value is 0.350. The van der Waals surface area contributed by atoms with Crippen LogP contribution in [0.1, 0.15) is 47.0 Å². The van der Waals surface area contributed by atoms with Gasteiger partial charge in [-0.15, -0.1) is 0 Å². The largest absolute Gasteiger partial charge is 0.159 e. The molecule has 1 heterocycles. The zero-order valence-electron chi connectivity index (χ0n) is 9.55. The fourth-order valence-electron chi connectivity index (χ4n) is 2.67. The Kier molecular flexibility index (Phi) is 4.64. The molecule has 0 saturated carbocycles. The molecule has 0 spiro atoms. The Morgan fingerprint density at radius 1 is 1.15 bits per heavy atom. The average molecular weight is 200 g/mol. The van der Waals surface area contributed by atoms with E-state index in [1.807, 2.05) is 0 Å². The fourth-order valence-corrected chi connectivity index (χ4v) is 3.99. The topological polar surface area (TPSA) is 0 Å². The highest BCUT2D eigenvalue weighted by Gasteiger charge is 2.27. The molecule has 0 aliphatic carbocycles. The predicted molar refractivity (Wildman–Crippen MR) is 63.3 cm³/mol. The summed E-state index contributed by atoms with van der Waals surface area (Å²) >= 11 is 2.18. The van der Waals surface area contributed by atoms with Crippen LogP contribution in [0.3, 0.4) is 0 Å². The molecule has 1 heteroatoms. The van der Waals surface area contributed by atoms with E-state index in [9.17, 15) is 0 Å². The zero-order valence-corrected chi connectivity index (χ0v) is 10.4. The second-order valence-corrected chi connectivity index (χ2v) is 6.26. The minimum absolute atomic E-state index is 0.888. The summed E-state index contributed by atoms with van der Waals surface area (Å²) in [5.41, 5.74) is 0. The Bertz CT molecular complexity index is 144. The summed E-state index contributed by atoms with van der Waals surface area (Å²) in [5.74, 6) is 4.25. The quantitative estimate of drug-likeness (QED) is 0.644. The molecule has 13 heavy (non-hydrogen) atoms. The van der Waals surface area contributed by atoms with Crippen molar-refractivity contribution in [2.75, 3.05) is 5.75 Å². The van der Waals surface area contributed by atoms with Gasteiger partial charge in [-0.2, -0.15) is 11.8 Å². The van der Waals surface area contributed by atoms with Gasteiger partial charge < -0.3 is 0 Å². The first-order chi connectivity index (χ1) is 6.15. The number of hydrogen-bond acceptors (Lipinski definition) is 1. The van der Waals surface area contributed by atoms with E-state index >= 15 is 0 Å². The highest BCUT2D eigenvalue weighted by molar-refractivity contribution is 7.99. The fraction of sp³-hybridized carbons (Fsp3) is 1.00. The molecule has 78 valence electrons. The van der Waals surface area contributed by atoms with E-state index in [0.717, 1.165) is 23.0 Å². The van der Waals surface area contributed by atoms with E-state index in [0.29, 0.717) is 0 Å². The number of thioether (sulfide) groups is 1. The summed E-state index contributed by atoms with van der Waals surface area (Å²) in [6.45, 7) is 9.62. The van der Waals surface area contributed by atoms with E-state index in [4.69, 9.17) is 0 Å². The first-order valence-corrected chi connectivity index (χ1v) is 6.81. The molecule has 1 aliphatic rings. The Morgan fingerprint density at radius 3 is 2.46 bits per heavy atom. The lowest BCUT2D eigenvalue weighted by atomic mass is 9.79. The van der Waals surface area contributed by atoms with Gasteiger partial charge in [-0.05, 0) is 29.9 Å².